The van der Waals surface area contributed by atoms with Crippen LogP contribution < -0.4 is 10.8 Å². The van der Waals surface area contributed by atoms with Crippen molar-refractivity contribution in [1.29, 1.82) is 0 Å². The van der Waals surface area contributed by atoms with Gasteiger partial charge in [0.2, 0.25) is 0 Å². The Kier molecular flexibility index (Phi) is 5.64. The number of hydroxylamine groups is 1. The average Bonchev–Trinajstić information content (AvgIpc) is 2.74. The van der Waals surface area contributed by atoms with E-state index in [0.29, 0.717) is 11.1 Å². The molecule has 0 bridgehead atoms. The quantitative estimate of drug-likeness (QED) is 0.476. The molecule has 0 saturated heterocycles. The van der Waals surface area contributed by atoms with Gasteiger partial charge in [0.25, 0.3) is 11.8 Å². The monoisotopic (exact) mass is 360 g/mol. The lowest BCUT2D eigenvalue weighted by Gasteiger charge is -2.15. The summed E-state index contributed by atoms with van der Waals surface area (Å²) in [5.74, 6) is -0.786. The molecule has 0 radical (unpaired) electrons. The topological polar surface area (TPSA) is 78.4 Å². The summed E-state index contributed by atoms with van der Waals surface area (Å²) < 4.78 is 0. The maximum Gasteiger partial charge on any atom is 0.274 e. The highest BCUT2D eigenvalue weighted by atomic mass is 16.5. The predicted molar refractivity (Wildman–Crippen MR) is 103 cm³/mol. The standard InChI is InChI=1S/C22H20N2O3/c1-15(19-8-5-9-20(14-19)22(26)24-27)23-21(25)18-12-10-17(11-13-18)16-6-3-2-4-7-16/h2-15,27H,1H3,(H,23,25)(H,24,26)/t15-/m1/s1. The molecule has 3 aromatic rings. The van der Waals surface area contributed by atoms with E-state index >= 15 is 0 Å². The highest BCUT2D eigenvalue weighted by Crippen LogP contribution is 2.20. The number of benzene rings is 3. The summed E-state index contributed by atoms with van der Waals surface area (Å²) in [6.07, 6.45) is 0. The second-order valence-corrected chi connectivity index (χ2v) is 6.20. The van der Waals surface area contributed by atoms with Gasteiger partial charge < -0.3 is 5.32 Å². The minimum atomic E-state index is -0.591. The molecular formula is C22H20N2O3. The van der Waals surface area contributed by atoms with Crippen molar-refractivity contribution in [2.45, 2.75) is 13.0 Å². The smallest absolute Gasteiger partial charge is 0.274 e. The van der Waals surface area contributed by atoms with Crippen molar-refractivity contribution in [2.24, 2.45) is 0 Å². The molecule has 0 aromatic heterocycles. The van der Waals surface area contributed by atoms with E-state index in [1.165, 1.54) is 0 Å². The number of carbonyl (C=O) groups is 2. The van der Waals surface area contributed by atoms with Crippen LogP contribution in [0.1, 0.15) is 39.2 Å². The van der Waals surface area contributed by atoms with Crippen LogP contribution in [0.15, 0.2) is 78.9 Å². The second kappa shape index (κ2) is 8.29. The van der Waals surface area contributed by atoms with E-state index in [1.54, 1.807) is 35.8 Å². The molecule has 0 fully saturated rings. The Bertz CT molecular complexity index is 937. The maximum absolute atomic E-state index is 12.5. The predicted octanol–water partition coefficient (Wildman–Crippen LogP) is 3.96. The van der Waals surface area contributed by atoms with Crippen LogP contribution in [-0.2, 0) is 0 Å². The lowest BCUT2D eigenvalue weighted by Crippen LogP contribution is -2.27. The number of nitrogens with one attached hydrogen (secondary N) is 2. The molecule has 1 atom stereocenters. The van der Waals surface area contributed by atoms with Crippen molar-refractivity contribution in [3.05, 3.63) is 95.6 Å². The first-order valence-electron chi connectivity index (χ1n) is 8.59. The average molecular weight is 360 g/mol. The molecule has 5 nitrogen and oxygen atoms in total. The maximum atomic E-state index is 12.5. The number of rotatable bonds is 5. The third-order valence-corrected chi connectivity index (χ3v) is 4.35. The third kappa shape index (κ3) is 4.40. The van der Waals surface area contributed by atoms with Crippen LogP contribution >= 0.6 is 0 Å². The molecule has 3 rings (SSSR count). The highest BCUT2D eigenvalue weighted by Gasteiger charge is 2.13. The number of carbonyl (C=O) groups excluding carboxylic acids is 2. The molecule has 0 saturated carbocycles. The first-order chi connectivity index (χ1) is 13.1. The van der Waals surface area contributed by atoms with Gasteiger partial charge in [-0.25, -0.2) is 5.48 Å². The first-order valence-corrected chi connectivity index (χ1v) is 8.59. The molecule has 5 heteroatoms. The van der Waals surface area contributed by atoms with Crippen molar-refractivity contribution in [3.8, 4) is 11.1 Å². The largest absolute Gasteiger partial charge is 0.346 e. The summed E-state index contributed by atoms with van der Waals surface area (Å²) in [4.78, 5) is 24.1. The van der Waals surface area contributed by atoms with Gasteiger partial charge in [-0.1, -0.05) is 54.6 Å². The van der Waals surface area contributed by atoms with E-state index in [1.807, 2.05) is 55.5 Å². The fraction of sp³-hybridized carbons (Fsp3) is 0.0909. The Morgan fingerprint density at radius 3 is 2.11 bits per heavy atom. The van der Waals surface area contributed by atoms with Crippen LogP contribution in [-0.4, -0.2) is 17.0 Å². The summed E-state index contributed by atoms with van der Waals surface area (Å²) in [5.41, 5.74) is 5.40. The molecular weight excluding hydrogens is 340 g/mol. The van der Waals surface area contributed by atoms with E-state index in [4.69, 9.17) is 5.21 Å². The molecule has 3 aromatic carbocycles. The highest BCUT2D eigenvalue weighted by molar-refractivity contribution is 5.95. The zero-order valence-corrected chi connectivity index (χ0v) is 14.8. The van der Waals surface area contributed by atoms with Gasteiger partial charge in [0.1, 0.15) is 0 Å². The normalized spacial score (nSPS) is 11.5. The number of hydrogen-bond acceptors (Lipinski definition) is 3. The van der Waals surface area contributed by atoms with E-state index in [-0.39, 0.29) is 11.9 Å². The summed E-state index contributed by atoms with van der Waals surface area (Å²) in [5, 5.41) is 11.7. The van der Waals surface area contributed by atoms with Gasteiger partial charge in [-0.3, -0.25) is 14.8 Å². The Balaban J connectivity index is 1.71. The Morgan fingerprint density at radius 1 is 0.778 bits per heavy atom. The van der Waals surface area contributed by atoms with E-state index in [0.717, 1.165) is 16.7 Å². The van der Waals surface area contributed by atoms with Crippen LogP contribution in [0.5, 0.6) is 0 Å². The Morgan fingerprint density at radius 2 is 1.44 bits per heavy atom. The van der Waals surface area contributed by atoms with Gasteiger partial charge in [-0.2, -0.15) is 0 Å². The molecule has 0 aliphatic carbocycles. The van der Waals surface area contributed by atoms with E-state index in [9.17, 15) is 9.59 Å². The zero-order chi connectivity index (χ0) is 19.2. The molecule has 0 aliphatic heterocycles. The molecule has 3 N–H and O–H groups in total. The van der Waals surface area contributed by atoms with Crippen molar-refractivity contribution in [3.63, 3.8) is 0 Å². The first kappa shape index (κ1) is 18.4. The lowest BCUT2D eigenvalue weighted by atomic mass is 10.0. The van der Waals surface area contributed by atoms with Crippen molar-refractivity contribution >= 4 is 11.8 Å². The van der Waals surface area contributed by atoms with Crippen molar-refractivity contribution in [1.82, 2.24) is 10.8 Å². The fourth-order valence-corrected chi connectivity index (χ4v) is 2.82. The zero-order valence-electron chi connectivity index (χ0n) is 14.8. The summed E-state index contributed by atoms with van der Waals surface area (Å²) in [7, 11) is 0. The van der Waals surface area contributed by atoms with Crippen LogP contribution in [0, 0.1) is 0 Å². The minimum Gasteiger partial charge on any atom is -0.346 e. The van der Waals surface area contributed by atoms with Crippen LogP contribution in [0.4, 0.5) is 0 Å². The summed E-state index contributed by atoms with van der Waals surface area (Å²) in [6, 6.07) is 23.8. The van der Waals surface area contributed by atoms with E-state index < -0.39 is 5.91 Å². The molecule has 0 spiro atoms. The SMILES string of the molecule is C[C@@H](NC(=O)c1ccc(-c2ccccc2)cc1)c1cccc(C(=O)NO)c1. The molecule has 27 heavy (non-hydrogen) atoms. The third-order valence-electron chi connectivity index (χ3n) is 4.35. The van der Waals surface area contributed by atoms with Gasteiger partial charge in [0, 0.05) is 11.1 Å². The summed E-state index contributed by atoms with van der Waals surface area (Å²) in [6.45, 7) is 1.84. The van der Waals surface area contributed by atoms with Crippen molar-refractivity contribution in [2.75, 3.05) is 0 Å². The van der Waals surface area contributed by atoms with Gasteiger partial charge >= 0.3 is 0 Å². The fourth-order valence-electron chi connectivity index (χ4n) is 2.82. The van der Waals surface area contributed by atoms with Crippen LogP contribution in [0.25, 0.3) is 11.1 Å². The van der Waals surface area contributed by atoms with Crippen LogP contribution in [0.2, 0.25) is 0 Å². The molecule has 136 valence electrons. The molecule has 0 unspecified atom stereocenters. The summed E-state index contributed by atoms with van der Waals surface area (Å²) >= 11 is 0. The van der Waals surface area contributed by atoms with Gasteiger partial charge in [0.15, 0.2) is 0 Å². The van der Waals surface area contributed by atoms with Crippen molar-refractivity contribution < 1.29 is 14.8 Å². The molecule has 0 aliphatic rings. The Labute approximate surface area is 157 Å². The number of hydrogen-bond donors (Lipinski definition) is 3. The van der Waals surface area contributed by atoms with Gasteiger partial charge in [-0.15, -0.1) is 0 Å². The number of amides is 2. The van der Waals surface area contributed by atoms with Gasteiger partial charge in [-0.05, 0) is 47.9 Å². The Hall–Kier alpha value is -3.44. The molecule has 2 amide bonds. The molecule has 0 heterocycles. The van der Waals surface area contributed by atoms with Crippen LogP contribution in [0.3, 0.4) is 0 Å². The minimum absolute atomic E-state index is 0.195. The van der Waals surface area contributed by atoms with E-state index in [2.05, 4.69) is 5.32 Å². The second-order valence-electron chi connectivity index (χ2n) is 6.20. The lowest BCUT2D eigenvalue weighted by molar-refractivity contribution is 0.0706. The van der Waals surface area contributed by atoms with Gasteiger partial charge in [0.05, 0.1) is 6.04 Å².